The van der Waals surface area contributed by atoms with Gasteiger partial charge in [-0.25, -0.2) is 16.8 Å². The molecule has 1 saturated heterocycles. The lowest BCUT2D eigenvalue weighted by Crippen LogP contribution is -2.34. The van der Waals surface area contributed by atoms with E-state index in [-0.39, 0.29) is 32.1 Å². The van der Waals surface area contributed by atoms with Crippen LogP contribution in [0.2, 0.25) is 6.82 Å². The molecular formula is C19H24BNO6S2. The van der Waals surface area contributed by atoms with E-state index in [1.165, 1.54) is 37.3 Å². The molecule has 0 bridgehead atoms. The van der Waals surface area contributed by atoms with Crippen molar-refractivity contribution in [2.75, 3.05) is 18.8 Å². The van der Waals surface area contributed by atoms with Crippen LogP contribution in [0.4, 0.5) is 0 Å². The van der Waals surface area contributed by atoms with Gasteiger partial charge in [0.1, 0.15) is 5.75 Å². The molecule has 7 nitrogen and oxygen atoms in total. The number of phenolic OH excluding ortho intramolecular Hbond substituents is 1. The highest BCUT2D eigenvalue weighted by Gasteiger charge is 2.30. The van der Waals surface area contributed by atoms with Crippen molar-refractivity contribution in [1.82, 2.24) is 4.81 Å². The smallest absolute Gasteiger partial charge is 0.376 e. The summed E-state index contributed by atoms with van der Waals surface area (Å²) < 4.78 is 50.1. The van der Waals surface area contributed by atoms with E-state index in [1.807, 2.05) is 4.81 Å². The number of hydrogen-bond acceptors (Lipinski definition) is 7. The quantitative estimate of drug-likeness (QED) is 0.664. The van der Waals surface area contributed by atoms with Gasteiger partial charge in [0.05, 0.1) is 20.4 Å². The topological polar surface area (TPSA) is 112 Å². The first-order chi connectivity index (χ1) is 13.6. The second-order valence-corrected chi connectivity index (χ2v) is 11.4. The Morgan fingerprint density at radius 1 is 1.07 bits per heavy atom. The largest absolute Gasteiger partial charge is 0.508 e. The Hall–Kier alpha value is -1.88. The first-order valence-electron chi connectivity index (χ1n) is 9.39. The average Bonchev–Trinajstić information content (AvgIpc) is 3.18. The van der Waals surface area contributed by atoms with Gasteiger partial charge in [-0.1, -0.05) is 19.1 Å². The van der Waals surface area contributed by atoms with E-state index < -0.39 is 26.7 Å². The van der Waals surface area contributed by atoms with E-state index in [1.54, 1.807) is 12.9 Å². The van der Waals surface area contributed by atoms with Crippen molar-refractivity contribution < 1.29 is 27.0 Å². The van der Waals surface area contributed by atoms with Gasteiger partial charge in [0.25, 0.3) is 0 Å². The summed E-state index contributed by atoms with van der Waals surface area (Å²) in [6, 6.07) is 9.47. The molecule has 1 atom stereocenters. The molecule has 0 aromatic heterocycles. The monoisotopic (exact) mass is 437 g/mol. The number of aromatic hydroxyl groups is 1. The SMILES string of the molecule is CCS(=O)(=O)c1cccc(S(=O)(=O)c2ccc(C3CCN(B(C)O)C3)c(O)c2)c1. The van der Waals surface area contributed by atoms with Crippen LogP contribution in [0, 0.1) is 0 Å². The van der Waals surface area contributed by atoms with Crippen LogP contribution in [0.3, 0.4) is 0 Å². The summed E-state index contributed by atoms with van der Waals surface area (Å²) in [7, 11) is -8.11. The average molecular weight is 437 g/mol. The van der Waals surface area contributed by atoms with Crippen LogP contribution in [0.25, 0.3) is 0 Å². The van der Waals surface area contributed by atoms with Crippen LogP contribution < -0.4 is 0 Å². The Morgan fingerprint density at radius 2 is 1.72 bits per heavy atom. The zero-order chi connectivity index (χ0) is 21.4. The lowest BCUT2D eigenvalue weighted by atomic mass is 9.85. The van der Waals surface area contributed by atoms with Gasteiger partial charge in [0, 0.05) is 5.92 Å². The van der Waals surface area contributed by atoms with Gasteiger partial charge in [-0.3, -0.25) is 0 Å². The van der Waals surface area contributed by atoms with Gasteiger partial charge in [0.15, 0.2) is 9.84 Å². The van der Waals surface area contributed by atoms with E-state index in [0.717, 1.165) is 12.5 Å². The summed E-state index contributed by atoms with van der Waals surface area (Å²) in [6.07, 6.45) is 0.751. The van der Waals surface area contributed by atoms with Crippen LogP contribution >= 0.6 is 0 Å². The summed E-state index contributed by atoms with van der Waals surface area (Å²) in [6.45, 7) is 4.45. The number of phenols is 1. The van der Waals surface area contributed by atoms with E-state index in [4.69, 9.17) is 0 Å². The standard InChI is InChI=1S/C19H24BNO6S2/c1-3-28(24,25)15-5-4-6-16(11-15)29(26,27)17-7-8-18(19(22)12-17)14-9-10-21(13-14)20(2)23/h4-8,11-12,14,22-23H,3,9-10,13H2,1-2H3. The molecule has 0 saturated carbocycles. The van der Waals surface area contributed by atoms with Crippen LogP contribution in [0.15, 0.2) is 57.2 Å². The van der Waals surface area contributed by atoms with E-state index >= 15 is 0 Å². The molecule has 0 amide bonds. The fraction of sp³-hybridized carbons (Fsp3) is 0.368. The predicted molar refractivity (Wildman–Crippen MR) is 110 cm³/mol. The molecule has 1 aliphatic rings. The first-order valence-corrected chi connectivity index (χ1v) is 12.5. The molecule has 3 rings (SSSR count). The third kappa shape index (κ3) is 4.35. The Bertz CT molecular complexity index is 1120. The highest BCUT2D eigenvalue weighted by atomic mass is 32.2. The molecule has 0 spiro atoms. The van der Waals surface area contributed by atoms with Crippen molar-refractivity contribution in [3.63, 3.8) is 0 Å². The molecule has 29 heavy (non-hydrogen) atoms. The maximum atomic E-state index is 13.0. The van der Waals surface area contributed by atoms with Gasteiger partial charge in [-0.05, 0) is 62.2 Å². The summed E-state index contributed by atoms with van der Waals surface area (Å²) in [5, 5.41) is 20.2. The van der Waals surface area contributed by atoms with Gasteiger partial charge >= 0.3 is 7.05 Å². The molecule has 1 fully saturated rings. The molecule has 2 aromatic carbocycles. The molecular weight excluding hydrogens is 413 g/mol. The minimum Gasteiger partial charge on any atom is -0.508 e. The maximum Gasteiger partial charge on any atom is 0.376 e. The van der Waals surface area contributed by atoms with Crippen LogP contribution in [-0.2, 0) is 19.7 Å². The molecule has 10 heteroatoms. The Balaban J connectivity index is 1.93. The van der Waals surface area contributed by atoms with Crippen LogP contribution in [0.5, 0.6) is 5.75 Å². The minimum absolute atomic E-state index is 0.000575. The van der Waals surface area contributed by atoms with Crippen molar-refractivity contribution in [2.45, 2.75) is 40.8 Å². The number of rotatable bonds is 6. The Morgan fingerprint density at radius 3 is 2.31 bits per heavy atom. The Labute approximate surface area is 172 Å². The maximum absolute atomic E-state index is 13.0. The number of benzene rings is 2. The van der Waals surface area contributed by atoms with Crippen LogP contribution in [-0.4, -0.2) is 57.7 Å². The number of hydrogen-bond donors (Lipinski definition) is 2. The number of nitrogens with zero attached hydrogens (tertiary/aromatic N) is 1. The highest BCUT2D eigenvalue weighted by Crippen LogP contribution is 2.35. The molecule has 1 heterocycles. The van der Waals surface area contributed by atoms with Gasteiger partial charge in [-0.2, -0.15) is 0 Å². The summed E-state index contributed by atoms with van der Waals surface area (Å²) in [5.74, 6) is -0.253. The van der Waals surface area contributed by atoms with Gasteiger partial charge in [-0.15, -0.1) is 0 Å². The molecule has 156 valence electrons. The highest BCUT2D eigenvalue weighted by molar-refractivity contribution is 7.92. The van der Waals surface area contributed by atoms with E-state index in [2.05, 4.69) is 0 Å². The molecule has 0 radical (unpaired) electrons. The van der Waals surface area contributed by atoms with Gasteiger partial charge in [0.2, 0.25) is 9.84 Å². The number of sulfone groups is 2. The summed E-state index contributed by atoms with van der Waals surface area (Å²) in [5.41, 5.74) is 0.634. The van der Waals surface area contributed by atoms with Crippen molar-refractivity contribution in [1.29, 1.82) is 0 Å². The summed E-state index contributed by atoms with van der Waals surface area (Å²) in [4.78, 5) is 1.59. The third-order valence-corrected chi connectivity index (χ3v) is 8.84. The Kier molecular flexibility index (Phi) is 6.10. The minimum atomic E-state index is -3.99. The fourth-order valence-electron chi connectivity index (χ4n) is 3.55. The van der Waals surface area contributed by atoms with Crippen molar-refractivity contribution in [2.24, 2.45) is 0 Å². The lowest BCUT2D eigenvalue weighted by molar-refractivity contribution is 0.417. The van der Waals surface area contributed by atoms with E-state index in [0.29, 0.717) is 18.7 Å². The first kappa shape index (κ1) is 21.8. The molecule has 2 aromatic rings. The second-order valence-electron chi connectivity index (χ2n) is 7.21. The molecule has 0 aliphatic carbocycles. The fourth-order valence-corrected chi connectivity index (χ4v) is 5.88. The van der Waals surface area contributed by atoms with Crippen molar-refractivity contribution >= 4 is 26.7 Å². The zero-order valence-electron chi connectivity index (χ0n) is 16.3. The zero-order valence-corrected chi connectivity index (χ0v) is 17.9. The second kappa shape index (κ2) is 8.10. The van der Waals surface area contributed by atoms with Crippen molar-refractivity contribution in [3.8, 4) is 5.75 Å². The normalized spacial score (nSPS) is 18.1. The molecule has 2 N–H and O–H groups in total. The predicted octanol–water partition coefficient (Wildman–Crippen LogP) is 1.92. The van der Waals surface area contributed by atoms with Gasteiger partial charge < -0.3 is 14.9 Å². The lowest BCUT2D eigenvalue weighted by Gasteiger charge is -2.17. The molecule has 1 unspecified atom stereocenters. The van der Waals surface area contributed by atoms with Crippen molar-refractivity contribution in [3.05, 3.63) is 48.0 Å². The van der Waals surface area contributed by atoms with Crippen LogP contribution in [0.1, 0.15) is 24.8 Å². The van der Waals surface area contributed by atoms with E-state index in [9.17, 15) is 27.0 Å². The molecule has 1 aliphatic heterocycles. The summed E-state index contributed by atoms with van der Waals surface area (Å²) >= 11 is 0. The third-order valence-electron chi connectivity index (χ3n) is 5.36.